The van der Waals surface area contributed by atoms with Crippen molar-refractivity contribution >= 4 is 33.9 Å². The Morgan fingerprint density at radius 1 is 1.41 bits per heavy atom. The van der Waals surface area contributed by atoms with Crippen molar-refractivity contribution in [3.63, 3.8) is 0 Å². The lowest BCUT2D eigenvalue weighted by Crippen LogP contribution is -2.36. The predicted octanol–water partition coefficient (Wildman–Crippen LogP) is 3.05. The van der Waals surface area contributed by atoms with E-state index in [2.05, 4.69) is 26.4 Å². The number of carbonyl (C=O) groups excluding carboxylic acids is 1. The van der Waals surface area contributed by atoms with Crippen LogP contribution in [0.4, 0.5) is 5.69 Å². The van der Waals surface area contributed by atoms with Crippen LogP contribution < -0.4 is 10.2 Å². The number of fused-ring (bicyclic) bond motifs is 1. The maximum Gasteiger partial charge on any atom is 0.263 e. The molecule has 3 aromatic rings. The van der Waals surface area contributed by atoms with Gasteiger partial charge in [0, 0.05) is 24.8 Å². The van der Waals surface area contributed by atoms with Gasteiger partial charge in [0.1, 0.15) is 15.6 Å². The number of rotatable bonds is 6. The van der Waals surface area contributed by atoms with E-state index in [9.17, 15) is 9.90 Å². The van der Waals surface area contributed by atoms with Crippen molar-refractivity contribution in [3.8, 4) is 10.7 Å². The summed E-state index contributed by atoms with van der Waals surface area (Å²) in [6, 6.07) is 5.86. The summed E-state index contributed by atoms with van der Waals surface area (Å²) in [5.41, 5.74) is 2.52. The number of amides is 1. The van der Waals surface area contributed by atoms with Crippen molar-refractivity contribution in [2.24, 2.45) is 0 Å². The fraction of sp³-hybridized carbons (Fsp3) is 0.421. The van der Waals surface area contributed by atoms with Crippen LogP contribution in [-0.4, -0.2) is 46.9 Å². The number of nitrogens with one attached hydrogen (secondary N) is 1. The highest BCUT2D eigenvalue weighted by Crippen LogP contribution is 2.33. The van der Waals surface area contributed by atoms with E-state index >= 15 is 0 Å². The van der Waals surface area contributed by atoms with Gasteiger partial charge in [-0.15, -0.1) is 11.3 Å². The average molecular weight is 386 g/mol. The minimum atomic E-state index is -0.250. The van der Waals surface area contributed by atoms with Gasteiger partial charge >= 0.3 is 0 Å². The van der Waals surface area contributed by atoms with Crippen LogP contribution in [0.25, 0.3) is 21.7 Å². The second-order valence-electron chi connectivity index (χ2n) is 6.70. The van der Waals surface area contributed by atoms with Gasteiger partial charge in [-0.3, -0.25) is 4.79 Å². The average Bonchev–Trinajstić information content (AvgIpc) is 3.45. The molecule has 0 unspecified atom stereocenters. The molecule has 0 radical (unpaired) electrons. The summed E-state index contributed by atoms with van der Waals surface area (Å²) in [6.45, 7) is 3.98. The fourth-order valence-corrected chi connectivity index (χ4v) is 4.09. The molecule has 1 fully saturated rings. The van der Waals surface area contributed by atoms with E-state index in [1.165, 1.54) is 24.2 Å². The third-order valence-electron chi connectivity index (χ3n) is 4.91. The van der Waals surface area contributed by atoms with Gasteiger partial charge < -0.3 is 19.8 Å². The first kappa shape index (κ1) is 17.9. The topological polar surface area (TPSA) is 91.5 Å². The molecule has 3 heterocycles. The van der Waals surface area contributed by atoms with Crippen molar-refractivity contribution in [2.75, 3.05) is 24.6 Å². The first-order valence-electron chi connectivity index (χ1n) is 9.22. The molecule has 27 heavy (non-hydrogen) atoms. The number of anilines is 1. The minimum absolute atomic E-state index is 0.0822. The number of aliphatic hydroxyl groups is 1. The molecule has 1 aliphatic rings. The van der Waals surface area contributed by atoms with Crippen LogP contribution >= 0.6 is 11.3 Å². The van der Waals surface area contributed by atoms with Crippen molar-refractivity contribution in [2.45, 2.75) is 32.2 Å². The molecule has 0 aliphatic carbocycles. The normalized spacial score (nSPS) is 15.4. The second-order valence-corrected chi connectivity index (χ2v) is 7.73. The van der Waals surface area contributed by atoms with Crippen LogP contribution in [0.5, 0.6) is 0 Å². The molecule has 0 spiro atoms. The van der Waals surface area contributed by atoms with Crippen molar-refractivity contribution in [1.82, 2.24) is 15.5 Å². The van der Waals surface area contributed by atoms with Crippen LogP contribution in [0, 0.1) is 0 Å². The maximum absolute atomic E-state index is 12.3. The van der Waals surface area contributed by atoms with E-state index < -0.39 is 0 Å². The number of aromatic nitrogens is 2. The molecule has 142 valence electrons. The fourth-order valence-electron chi connectivity index (χ4n) is 3.27. The van der Waals surface area contributed by atoms with Crippen LogP contribution in [0.2, 0.25) is 0 Å². The molecule has 2 aromatic heterocycles. The molecule has 8 heteroatoms. The van der Waals surface area contributed by atoms with E-state index in [-0.39, 0.29) is 18.6 Å². The molecule has 1 amide bonds. The molecular formula is C19H22N4O3S. The molecular weight excluding hydrogens is 364 g/mol. The van der Waals surface area contributed by atoms with Crippen LogP contribution in [0.3, 0.4) is 0 Å². The molecule has 7 nitrogen and oxygen atoms in total. The van der Waals surface area contributed by atoms with Crippen LogP contribution in [-0.2, 0) is 0 Å². The Morgan fingerprint density at radius 2 is 2.22 bits per heavy atom. The molecule has 1 aromatic carbocycles. The molecule has 1 atom stereocenters. The van der Waals surface area contributed by atoms with Gasteiger partial charge in [0.25, 0.3) is 5.91 Å². The van der Waals surface area contributed by atoms with Crippen molar-refractivity contribution < 1.29 is 14.4 Å². The zero-order chi connectivity index (χ0) is 18.8. The third-order valence-corrected chi connectivity index (χ3v) is 5.91. The Labute approximate surface area is 161 Å². The summed E-state index contributed by atoms with van der Waals surface area (Å²) in [4.78, 5) is 19.5. The summed E-state index contributed by atoms with van der Waals surface area (Å²) in [7, 11) is 0. The third kappa shape index (κ3) is 3.54. The number of aliphatic hydroxyl groups excluding tert-OH is 1. The zero-order valence-corrected chi connectivity index (χ0v) is 16.0. The number of nitrogens with zero attached hydrogens (tertiary/aromatic N) is 3. The van der Waals surface area contributed by atoms with Gasteiger partial charge in [-0.2, -0.15) is 0 Å². The number of thiazole rings is 1. The van der Waals surface area contributed by atoms with E-state index in [1.807, 2.05) is 19.1 Å². The van der Waals surface area contributed by atoms with Crippen molar-refractivity contribution in [3.05, 3.63) is 29.3 Å². The minimum Gasteiger partial charge on any atom is -0.394 e. The standard InChI is InChI=1S/C19H22N4O3S/c1-2-12(11-24)21-18(25)16-10-20-19(27-16)17-14-6-5-13(9-15(14)26-22-17)23-7-3-4-8-23/h5-6,9-10,12,24H,2-4,7-8,11H2,1H3,(H,21,25)/t12-/m0/s1. The summed E-state index contributed by atoms with van der Waals surface area (Å²) in [5, 5.41) is 17.8. The van der Waals surface area contributed by atoms with Gasteiger partial charge in [0.2, 0.25) is 0 Å². The van der Waals surface area contributed by atoms with Gasteiger partial charge in [-0.05, 0) is 31.4 Å². The quantitative estimate of drug-likeness (QED) is 0.677. The Hall–Kier alpha value is -2.45. The highest BCUT2D eigenvalue weighted by Gasteiger charge is 2.20. The summed E-state index contributed by atoms with van der Waals surface area (Å²) >= 11 is 1.27. The summed E-state index contributed by atoms with van der Waals surface area (Å²) in [5.74, 6) is -0.233. The second kappa shape index (κ2) is 7.66. The van der Waals surface area contributed by atoms with Gasteiger partial charge in [-0.25, -0.2) is 4.98 Å². The van der Waals surface area contributed by atoms with E-state index in [1.54, 1.807) is 6.20 Å². The van der Waals surface area contributed by atoms with Crippen molar-refractivity contribution in [1.29, 1.82) is 0 Å². The highest BCUT2D eigenvalue weighted by atomic mass is 32.1. The van der Waals surface area contributed by atoms with Gasteiger partial charge in [-0.1, -0.05) is 12.1 Å². The van der Waals surface area contributed by atoms with E-state index in [0.717, 1.165) is 29.7 Å². The van der Waals surface area contributed by atoms with Crippen LogP contribution in [0.15, 0.2) is 28.9 Å². The molecule has 0 bridgehead atoms. The highest BCUT2D eigenvalue weighted by molar-refractivity contribution is 7.17. The first-order chi connectivity index (χ1) is 13.2. The van der Waals surface area contributed by atoms with Gasteiger partial charge in [0.15, 0.2) is 5.58 Å². The molecule has 2 N–H and O–H groups in total. The largest absolute Gasteiger partial charge is 0.394 e. The lowest BCUT2D eigenvalue weighted by molar-refractivity contribution is 0.0919. The Kier molecular flexibility index (Phi) is 5.09. The molecule has 1 saturated heterocycles. The monoisotopic (exact) mass is 386 g/mol. The van der Waals surface area contributed by atoms with E-state index in [4.69, 9.17) is 4.52 Å². The van der Waals surface area contributed by atoms with E-state index in [0.29, 0.717) is 22.0 Å². The molecule has 0 saturated carbocycles. The number of hydrogen-bond acceptors (Lipinski definition) is 7. The number of benzene rings is 1. The SMILES string of the molecule is CC[C@@H](CO)NC(=O)c1cnc(-c2noc3cc(N4CCCC4)ccc23)s1. The van der Waals surface area contributed by atoms with Gasteiger partial charge in [0.05, 0.1) is 24.2 Å². The Balaban J connectivity index is 1.57. The molecule has 4 rings (SSSR count). The first-order valence-corrected chi connectivity index (χ1v) is 10.0. The lowest BCUT2D eigenvalue weighted by Gasteiger charge is -2.16. The predicted molar refractivity (Wildman–Crippen MR) is 105 cm³/mol. The lowest BCUT2D eigenvalue weighted by atomic mass is 10.2. The number of hydrogen-bond donors (Lipinski definition) is 2. The summed E-state index contributed by atoms with van der Waals surface area (Å²) < 4.78 is 5.53. The zero-order valence-electron chi connectivity index (χ0n) is 15.1. The Morgan fingerprint density at radius 3 is 2.96 bits per heavy atom. The smallest absolute Gasteiger partial charge is 0.263 e. The van der Waals surface area contributed by atoms with Crippen LogP contribution in [0.1, 0.15) is 35.9 Å². The number of carbonyl (C=O) groups is 1. The Bertz CT molecular complexity index is 941. The molecule has 1 aliphatic heterocycles. The summed E-state index contributed by atoms with van der Waals surface area (Å²) in [6.07, 6.45) is 4.65. The maximum atomic E-state index is 12.3.